The minimum absolute atomic E-state index is 0.00957. The Morgan fingerprint density at radius 1 is 1.00 bits per heavy atom. The molecule has 6 nitrogen and oxygen atoms in total. The molecule has 0 radical (unpaired) electrons. The maximum Gasteiger partial charge on any atom is 0.257 e. The first-order valence-corrected chi connectivity index (χ1v) is 10.7. The number of halogens is 1. The fourth-order valence-electron chi connectivity index (χ4n) is 4.08. The summed E-state index contributed by atoms with van der Waals surface area (Å²) in [5.74, 6) is 1.58. The van der Waals surface area contributed by atoms with Crippen molar-refractivity contribution in [2.75, 3.05) is 38.2 Å². The van der Waals surface area contributed by atoms with E-state index in [9.17, 15) is 4.79 Å². The van der Waals surface area contributed by atoms with Gasteiger partial charge in [-0.2, -0.15) is 0 Å². The molecular formula is C23H21BrN4O2. The summed E-state index contributed by atoms with van der Waals surface area (Å²) < 4.78 is 8.55. The van der Waals surface area contributed by atoms with Crippen LogP contribution in [0.5, 0.6) is 5.75 Å². The van der Waals surface area contributed by atoms with Crippen LogP contribution in [0.2, 0.25) is 0 Å². The zero-order valence-electron chi connectivity index (χ0n) is 16.6. The van der Waals surface area contributed by atoms with Crippen LogP contribution in [0, 0.1) is 0 Å². The van der Waals surface area contributed by atoms with E-state index < -0.39 is 0 Å². The zero-order chi connectivity index (χ0) is 20.7. The summed E-state index contributed by atoms with van der Waals surface area (Å²) in [6.07, 6.45) is 2.07. The average Bonchev–Trinajstić information content (AvgIpc) is 3.28. The SMILES string of the molecule is COc1ccccc1C(=O)N1CCN(c2nc3cc(Br)ccc3n3cccc23)CC1. The topological polar surface area (TPSA) is 50.1 Å². The lowest BCUT2D eigenvalue weighted by molar-refractivity contribution is 0.0743. The van der Waals surface area contributed by atoms with Crippen LogP contribution in [-0.2, 0) is 0 Å². The van der Waals surface area contributed by atoms with E-state index in [4.69, 9.17) is 9.72 Å². The Morgan fingerprint density at radius 3 is 2.60 bits per heavy atom. The molecule has 0 unspecified atom stereocenters. The van der Waals surface area contributed by atoms with Crippen molar-refractivity contribution in [2.24, 2.45) is 0 Å². The van der Waals surface area contributed by atoms with E-state index in [-0.39, 0.29) is 5.91 Å². The Hall–Kier alpha value is -3.06. The molecule has 3 heterocycles. The number of rotatable bonds is 3. The van der Waals surface area contributed by atoms with Crippen molar-refractivity contribution in [1.29, 1.82) is 0 Å². The predicted octanol–water partition coefficient (Wildman–Crippen LogP) is 4.22. The summed E-state index contributed by atoms with van der Waals surface area (Å²) in [7, 11) is 1.59. The Morgan fingerprint density at radius 2 is 1.80 bits per heavy atom. The molecule has 5 rings (SSSR count). The Labute approximate surface area is 182 Å². The van der Waals surface area contributed by atoms with Crippen molar-refractivity contribution in [3.05, 3.63) is 70.8 Å². The molecule has 1 fully saturated rings. The number of aromatic nitrogens is 2. The van der Waals surface area contributed by atoms with Gasteiger partial charge in [0, 0.05) is 36.8 Å². The summed E-state index contributed by atoms with van der Waals surface area (Å²) in [5.41, 5.74) is 3.70. The van der Waals surface area contributed by atoms with Gasteiger partial charge in [0.2, 0.25) is 0 Å². The number of piperazine rings is 1. The molecule has 0 bridgehead atoms. The maximum absolute atomic E-state index is 13.0. The van der Waals surface area contributed by atoms with Gasteiger partial charge in [0.05, 0.1) is 29.2 Å². The van der Waals surface area contributed by atoms with Gasteiger partial charge in [0.25, 0.3) is 5.91 Å². The van der Waals surface area contributed by atoms with Crippen LogP contribution in [0.25, 0.3) is 16.6 Å². The van der Waals surface area contributed by atoms with Gasteiger partial charge < -0.3 is 18.9 Å². The number of methoxy groups -OCH3 is 1. The van der Waals surface area contributed by atoms with E-state index in [2.05, 4.69) is 43.6 Å². The number of amides is 1. The molecular weight excluding hydrogens is 444 g/mol. The third-order valence-corrected chi connectivity index (χ3v) is 6.10. The van der Waals surface area contributed by atoms with Crippen LogP contribution >= 0.6 is 15.9 Å². The first-order valence-electron chi connectivity index (χ1n) is 9.89. The Balaban J connectivity index is 1.42. The van der Waals surface area contributed by atoms with Crippen molar-refractivity contribution < 1.29 is 9.53 Å². The largest absolute Gasteiger partial charge is 0.496 e. The summed E-state index contributed by atoms with van der Waals surface area (Å²) >= 11 is 3.55. The summed E-state index contributed by atoms with van der Waals surface area (Å²) in [5, 5.41) is 0. The van der Waals surface area contributed by atoms with Crippen molar-refractivity contribution in [3.63, 3.8) is 0 Å². The number of nitrogens with zero attached hydrogens (tertiary/aromatic N) is 4. The van der Waals surface area contributed by atoms with Crippen LogP contribution in [0.15, 0.2) is 65.3 Å². The van der Waals surface area contributed by atoms with Gasteiger partial charge in [-0.3, -0.25) is 4.79 Å². The molecule has 0 N–H and O–H groups in total. The maximum atomic E-state index is 13.0. The number of para-hydroxylation sites is 1. The number of ether oxygens (including phenoxy) is 1. The van der Waals surface area contributed by atoms with Gasteiger partial charge in [0.1, 0.15) is 5.75 Å². The molecule has 7 heteroatoms. The first kappa shape index (κ1) is 18.9. The van der Waals surface area contributed by atoms with E-state index in [0.717, 1.165) is 39.9 Å². The third kappa shape index (κ3) is 3.19. The zero-order valence-corrected chi connectivity index (χ0v) is 18.2. The number of carbonyl (C=O) groups is 1. The molecule has 0 atom stereocenters. The third-order valence-electron chi connectivity index (χ3n) is 5.61. The second-order valence-corrected chi connectivity index (χ2v) is 8.23. The van der Waals surface area contributed by atoms with Crippen molar-refractivity contribution >= 4 is 44.2 Å². The highest BCUT2D eigenvalue weighted by Crippen LogP contribution is 2.28. The van der Waals surface area contributed by atoms with Crippen LogP contribution in [0.3, 0.4) is 0 Å². The van der Waals surface area contributed by atoms with Gasteiger partial charge in [-0.15, -0.1) is 0 Å². The molecule has 152 valence electrons. The highest BCUT2D eigenvalue weighted by atomic mass is 79.9. The number of anilines is 1. The lowest BCUT2D eigenvalue weighted by Crippen LogP contribution is -2.49. The lowest BCUT2D eigenvalue weighted by atomic mass is 10.1. The fraction of sp³-hybridized carbons (Fsp3) is 0.217. The lowest BCUT2D eigenvalue weighted by Gasteiger charge is -2.36. The van der Waals surface area contributed by atoms with Crippen molar-refractivity contribution in [2.45, 2.75) is 0 Å². The van der Waals surface area contributed by atoms with Crippen molar-refractivity contribution in [1.82, 2.24) is 14.3 Å². The van der Waals surface area contributed by atoms with E-state index in [0.29, 0.717) is 24.4 Å². The molecule has 1 aliphatic heterocycles. The Kier molecular flexibility index (Phi) is 4.83. The molecule has 0 saturated carbocycles. The summed E-state index contributed by atoms with van der Waals surface area (Å²) in [4.78, 5) is 22.1. The molecule has 2 aromatic heterocycles. The molecule has 2 aromatic carbocycles. The first-order chi connectivity index (χ1) is 14.7. The molecule has 0 aliphatic carbocycles. The molecule has 1 saturated heterocycles. The number of carbonyl (C=O) groups excluding carboxylic acids is 1. The minimum Gasteiger partial charge on any atom is -0.496 e. The highest BCUT2D eigenvalue weighted by molar-refractivity contribution is 9.10. The average molecular weight is 465 g/mol. The second kappa shape index (κ2) is 7.65. The predicted molar refractivity (Wildman–Crippen MR) is 122 cm³/mol. The van der Waals surface area contributed by atoms with Gasteiger partial charge in [-0.05, 0) is 42.5 Å². The highest BCUT2D eigenvalue weighted by Gasteiger charge is 2.26. The van der Waals surface area contributed by atoms with Gasteiger partial charge in [-0.25, -0.2) is 4.98 Å². The Bertz CT molecular complexity index is 1240. The van der Waals surface area contributed by atoms with Gasteiger partial charge in [-0.1, -0.05) is 28.1 Å². The second-order valence-electron chi connectivity index (χ2n) is 7.31. The minimum atomic E-state index is 0.00957. The monoisotopic (exact) mass is 464 g/mol. The molecule has 0 spiro atoms. The van der Waals surface area contributed by atoms with E-state index >= 15 is 0 Å². The number of benzene rings is 2. The fourth-order valence-corrected chi connectivity index (χ4v) is 4.43. The van der Waals surface area contributed by atoms with Crippen molar-refractivity contribution in [3.8, 4) is 5.75 Å². The van der Waals surface area contributed by atoms with Crippen LogP contribution < -0.4 is 9.64 Å². The quantitative estimate of drug-likeness (QED) is 0.455. The smallest absolute Gasteiger partial charge is 0.257 e. The number of hydrogen-bond donors (Lipinski definition) is 0. The molecule has 30 heavy (non-hydrogen) atoms. The number of hydrogen-bond acceptors (Lipinski definition) is 4. The van der Waals surface area contributed by atoms with Crippen LogP contribution in [0.4, 0.5) is 5.82 Å². The summed E-state index contributed by atoms with van der Waals surface area (Å²) in [6.45, 7) is 2.74. The van der Waals surface area contributed by atoms with E-state index in [1.807, 2.05) is 47.4 Å². The van der Waals surface area contributed by atoms with Gasteiger partial charge >= 0.3 is 0 Å². The number of fused-ring (bicyclic) bond motifs is 3. The standard InChI is InChI=1S/C23H21BrN4O2/c1-30-21-7-3-2-5-17(21)23(29)27-13-11-26(12-14-27)22-20-6-4-10-28(20)19-9-8-16(24)15-18(19)25-22/h2-10,15H,11-14H2,1H3. The van der Waals surface area contributed by atoms with E-state index in [1.165, 1.54) is 0 Å². The molecule has 4 aromatic rings. The molecule has 1 aliphatic rings. The molecule has 1 amide bonds. The van der Waals surface area contributed by atoms with E-state index in [1.54, 1.807) is 7.11 Å². The normalized spacial score (nSPS) is 14.5. The van der Waals surface area contributed by atoms with Crippen LogP contribution in [0.1, 0.15) is 10.4 Å². The van der Waals surface area contributed by atoms with Gasteiger partial charge in [0.15, 0.2) is 5.82 Å². The van der Waals surface area contributed by atoms with Crippen LogP contribution in [-0.4, -0.2) is 53.5 Å². The summed E-state index contributed by atoms with van der Waals surface area (Å²) in [6, 6.07) is 17.7.